The van der Waals surface area contributed by atoms with Crippen LogP contribution in [0.1, 0.15) is 48.9 Å². The van der Waals surface area contributed by atoms with Crippen molar-refractivity contribution < 1.29 is 28.9 Å². The lowest BCUT2D eigenvalue weighted by molar-refractivity contribution is -0.132. The maximum Gasteiger partial charge on any atom is 0.301 e. The molecule has 1 unspecified atom stereocenters. The SMILES string of the molecule is CCCCOc1ccc(C2C(=C(O)c3ccc(OC)cc3)C(=O)C(=O)N2c2nnc(C)s2)cc1OCC. The summed E-state index contributed by atoms with van der Waals surface area (Å²) in [4.78, 5) is 27.9. The average Bonchev–Trinajstić information content (AvgIpc) is 3.45. The third-order valence-electron chi connectivity index (χ3n) is 5.87. The van der Waals surface area contributed by atoms with Crippen LogP contribution in [-0.2, 0) is 9.59 Å². The van der Waals surface area contributed by atoms with E-state index >= 15 is 0 Å². The molecule has 9 nitrogen and oxygen atoms in total. The van der Waals surface area contributed by atoms with Crippen molar-refractivity contribution in [3.63, 3.8) is 0 Å². The van der Waals surface area contributed by atoms with Gasteiger partial charge in [0.15, 0.2) is 11.5 Å². The van der Waals surface area contributed by atoms with Crippen molar-refractivity contribution in [2.24, 2.45) is 0 Å². The molecule has 0 bridgehead atoms. The summed E-state index contributed by atoms with van der Waals surface area (Å²) in [5.74, 6) is -0.253. The van der Waals surface area contributed by atoms with Crippen LogP contribution in [0.4, 0.5) is 5.13 Å². The van der Waals surface area contributed by atoms with E-state index in [0.29, 0.717) is 46.6 Å². The number of anilines is 1. The molecule has 1 amide bonds. The Balaban J connectivity index is 1.87. The third kappa shape index (κ3) is 5.29. The van der Waals surface area contributed by atoms with Crippen LogP contribution < -0.4 is 19.1 Å². The number of nitrogens with zero attached hydrogens (tertiary/aromatic N) is 3. The maximum atomic E-state index is 13.3. The third-order valence-corrected chi connectivity index (χ3v) is 6.71. The van der Waals surface area contributed by atoms with Crippen molar-refractivity contribution in [2.45, 2.75) is 39.7 Å². The Hall–Kier alpha value is -3.92. The predicted molar refractivity (Wildman–Crippen MR) is 140 cm³/mol. The number of carbonyl (C=O) groups is 2. The molecule has 0 spiro atoms. The average molecular weight is 524 g/mol. The number of aromatic nitrogens is 2. The van der Waals surface area contributed by atoms with Crippen LogP contribution in [0.3, 0.4) is 0 Å². The molecule has 2 aromatic carbocycles. The number of ketones is 1. The molecule has 1 fully saturated rings. The molecule has 194 valence electrons. The second kappa shape index (κ2) is 11.4. The normalized spacial score (nSPS) is 16.8. The van der Waals surface area contributed by atoms with E-state index in [1.165, 1.54) is 23.3 Å². The van der Waals surface area contributed by atoms with E-state index in [0.717, 1.165) is 12.8 Å². The molecule has 1 aromatic heterocycles. The first kappa shape index (κ1) is 26.2. The Labute approximate surface area is 219 Å². The quantitative estimate of drug-likeness (QED) is 0.170. The summed E-state index contributed by atoms with van der Waals surface area (Å²) in [7, 11) is 1.54. The fourth-order valence-electron chi connectivity index (χ4n) is 4.04. The number of Topliss-reactive ketones (excluding diaryl/α,β-unsaturated/α-hetero) is 1. The number of methoxy groups -OCH3 is 1. The van der Waals surface area contributed by atoms with Crippen molar-refractivity contribution in [3.05, 3.63) is 64.2 Å². The molecule has 1 N–H and O–H groups in total. The van der Waals surface area contributed by atoms with Gasteiger partial charge in [0.2, 0.25) is 5.13 Å². The number of rotatable bonds is 10. The van der Waals surface area contributed by atoms with Gasteiger partial charge in [0, 0.05) is 5.56 Å². The number of aliphatic hydroxyl groups is 1. The number of ether oxygens (including phenoxy) is 3. The summed E-state index contributed by atoms with van der Waals surface area (Å²) < 4.78 is 16.9. The summed E-state index contributed by atoms with van der Waals surface area (Å²) in [6.45, 7) is 6.64. The maximum absolute atomic E-state index is 13.3. The van der Waals surface area contributed by atoms with Crippen molar-refractivity contribution in [1.29, 1.82) is 0 Å². The van der Waals surface area contributed by atoms with Crippen LogP contribution in [0.15, 0.2) is 48.0 Å². The number of carbonyl (C=O) groups excluding carboxylic acids is 2. The molecule has 1 aliphatic rings. The molecule has 0 saturated carbocycles. The number of hydrogen-bond acceptors (Lipinski definition) is 9. The van der Waals surface area contributed by atoms with E-state index in [-0.39, 0.29) is 16.5 Å². The van der Waals surface area contributed by atoms with Gasteiger partial charge in [0.25, 0.3) is 5.78 Å². The molecule has 0 radical (unpaired) electrons. The van der Waals surface area contributed by atoms with E-state index in [4.69, 9.17) is 14.2 Å². The van der Waals surface area contributed by atoms with Crippen LogP contribution in [0, 0.1) is 6.92 Å². The number of benzene rings is 2. The van der Waals surface area contributed by atoms with Crippen LogP contribution in [0.2, 0.25) is 0 Å². The highest BCUT2D eigenvalue weighted by atomic mass is 32.1. The zero-order chi connectivity index (χ0) is 26.5. The van der Waals surface area contributed by atoms with Gasteiger partial charge in [0.1, 0.15) is 16.5 Å². The lowest BCUT2D eigenvalue weighted by atomic mass is 9.95. The first-order valence-corrected chi connectivity index (χ1v) is 12.9. The highest BCUT2D eigenvalue weighted by molar-refractivity contribution is 7.15. The van der Waals surface area contributed by atoms with Gasteiger partial charge in [-0.1, -0.05) is 30.7 Å². The second-order valence-corrected chi connectivity index (χ2v) is 9.50. The largest absolute Gasteiger partial charge is 0.507 e. The van der Waals surface area contributed by atoms with Crippen LogP contribution in [0.5, 0.6) is 17.2 Å². The number of hydrogen-bond donors (Lipinski definition) is 1. The molecule has 0 aliphatic carbocycles. The van der Waals surface area contributed by atoms with Gasteiger partial charge in [-0.15, -0.1) is 10.2 Å². The van der Waals surface area contributed by atoms with Gasteiger partial charge in [-0.3, -0.25) is 14.5 Å². The number of unbranched alkanes of at least 4 members (excludes halogenated alkanes) is 1. The second-order valence-electron chi connectivity index (χ2n) is 8.34. The number of aliphatic hydroxyl groups excluding tert-OH is 1. The molecule has 10 heteroatoms. The Morgan fingerprint density at radius 1 is 1.05 bits per heavy atom. The van der Waals surface area contributed by atoms with Crippen LogP contribution in [0.25, 0.3) is 5.76 Å². The molecule has 3 aromatic rings. The van der Waals surface area contributed by atoms with E-state index in [2.05, 4.69) is 17.1 Å². The zero-order valence-corrected chi connectivity index (χ0v) is 22.0. The molecule has 2 heterocycles. The molecule has 37 heavy (non-hydrogen) atoms. The molecular formula is C27H29N3O6S. The zero-order valence-electron chi connectivity index (χ0n) is 21.2. The van der Waals surface area contributed by atoms with Crippen molar-refractivity contribution in [1.82, 2.24) is 10.2 Å². The van der Waals surface area contributed by atoms with Crippen LogP contribution >= 0.6 is 11.3 Å². The lowest BCUT2D eigenvalue weighted by Crippen LogP contribution is -2.29. The fraction of sp³-hybridized carbons (Fsp3) is 0.333. The van der Waals surface area contributed by atoms with Gasteiger partial charge in [-0.2, -0.15) is 0 Å². The van der Waals surface area contributed by atoms with E-state index in [9.17, 15) is 14.7 Å². The minimum Gasteiger partial charge on any atom is -0.507 e. The highest BCUT2D eigenvalue weighted by Crippen LogP contribution is 2.44. The molecule has 1 atom stereocenters. The smallest absolute Gasteiger partial charge is 0.301 e. The Morgan fingerprint density at radius 3 is 2.43 bits per heavy atom. The summed E-state index contributed by atoms with van der Waals surface area (Å²) in [5.41, 5.74) is 0.889. The van der Waals surface area contributed by atoms with Gasteiger partial charge < -0.3 is 19.3 Å². The molecule has 1 saturated heterocycles. The molecule has 4 rings (SSSR count). The number of amides is 1. The highest BCUT2D eigenvalue weighted by Gasteiger charge is 2.48. The Morgan fingerprint density at radius 2 is 1.81 bits per heavy atom. The topological polar surface area (TPSA) is 111 Å². The summed E-state index contributed by atoms with van der Waals surface area (Å²) in [6, 6.07) is 10.9. The Bertz CT molecular complexity index is 1320. The minimum atomic E-state index is -0.946. The van der Waals surface area contributed by atoms with Crippen molar-refractivity contribution in [3.8, 4) is 17.2 Å². The molecule has 1 aliphatic heterocycles. The van der Waals surface area contributed by atoms with Gasteiger partial charge in [0.05, 0.1) is 31.9 Å². The molecular weight excluding hydrogens is 494 g/mol. The lowest BCUT2D eigenvalue weighted by Gasteiger charge is -2.23. The van der Waals surface area contributed by atoms with Crippen molar-refractivity contribution in [2.75, 3.05) is 25.2 Å². The van der Waals surface area contributed by atoms with Crippen LogP contribution in [-0.4, -0.2) is 47.3 Å². The number of aryl methyl sites for hydroxylation is 1. The Kier molecular flexibility index (Phi) is 8.08. The van der Waals surface area contributed by atoms with Gasteiger partial charge >= 0.3 is 5.91 Å². The monoisotopic (exact) mass is 523 g/mol. The summed E-state index contributed by atoms with van der Waals surface area (Å²) >= 11 is 1.19. The minimum absolute atomic E-state index is 0.0508. The summed E-state index contributed by atoms with van der Waals surface area (Å²) in [6.07, 6.45) is 1.88. The first-order chi connectivity index (χ1) is 17.9. The predicted octanol–water partition coefficient (Wildman–Crippen LogP) is 5.06. The van der Waals surface area contributed by atoms with E-state index in [1.807, 2.05) is 6.92 Å². The van der Waals surface area contributed by atoms with E-state index < -0.39 is 17.7 Å². The van der Waals surface area contributed by atoms with Crippen molar-refractivity contribution >= 4 is 33.9 Å². The standard InChI is InChI=1S/C27H29N3O6S/c1-5-7-14-36-20-13-10-18(15-21(20)35-6-2)23-22(24(31)17-8-11-19(34-4)12-9-17)25(32)26(33)30(23)27-29-28-16(3)37-27/h8-13,15,23,31H,5-7,14H2,1-4H3. The fourth-order valence-corrected chi connectivity index (χ4v) is 4.76. The van der Waals surface area contributed by atoms with Gasteiger partial charge in [-0.05, 0) is 62.2 Å². The van der Waals surface area contributed by atoms with Gasteiger partial charge in [-0.25, -0.2) is 0 Å². The van der Waals surface area contributed by atoms with E-state index in [1.54, 1.807) is 49.4 Å². The summed E-state index contributed by atoms with van der Waals surface area (Å²) in [5, 5.41) is 20.3. The first-order valence-electron chi connectivity index (χ1n) is 12.0.